The summed E-state index contributed by atoms with van der Waals surface area (Å²) in [5.41, 5.74) is 0.476. The highest BCUT2D eigenvalue weighted by atomic mass is 35.5. The predicted octanol–water partition coefficient (Wildman–Crippen LogP) is 1.94. The van der Waals surface area contributed by atoms with Crippen LogP contribution in [-0.2, 0) is 0 Å². The maximum atomic E-state index is 10.7. The number of carbonyl (C=O) groups excluding carboxylic acids is 1. The van der Waals surface area contributed by atoms with Gasteiger partial charge in [0, 0.05) is 12.4 Å². The molecule has 0 amide bonds. The van der Waals surface area contributed by atoms with Crippen LogP contribution in [0.3, 0.4) is 0 Å². The quantitative estimate of drug-likeness (QED) is 0.580. The van der Waals surface area contributed by atoms with Gasteiger partial charge >= 0.3 is 0 Å². The smallest absolute Gasteiger partial charge is 0.162 e. The van der Waals surface area contributed by atoms with Gasteiger partial charge in [-0.1, -0.05) is 11.6 Å². The standard InChI is InChI=1S/C7H6ClNO/c1-5(10)6-4-9-3-2-7(6)8/h2-4H,1H3. The molecule has 0 aromatic carbocycles. The number of nitrogens with zero attached hydrogens (tertiary/aromatic N) is 1. The first kappa shape index (κ1) is 7.22. The molecule has 1 heterocycles. The molecule has 0 spiro atoms. The first-order chi connectivity index (χ1) is 4.72. The predicted molar refractivity (Wildman–Crippen MR) is 39.3 cm³/mol. The summed E-state index contributed by atoms with van der Waals surface area (Å²) < 4.78 is 0. The summed E-state index contributed by atoms with van der Waals surface area (Å²) in [5, 5.41) is 0.461. The van der Waals surface area contributed by atoms with Crippen molar-refractivity contribution in [2.45, 2.75) is 6.92 Å². The van der Waals surface area contributed by atoms with Crippen molar-refractivity contribution in [1.82, 2.24) is 4.98 Å². The maximum Gasteiger partial charge on any atom is 0.162 e. The van der Waals surface area contributed by atoms with Crippen LogP contribution in [0.1, 0.15) is 17.3 Å². The second-order valence-electron chi connectivity index (χ2n) is 1.91. The second-order valence-corrected chi connectivity index (χ2v) is 2.32. The minimum Gasteiger partial charge on any atom is -0.294 e. The molecule has 0 aliphatic heterocycles. The molecular weight excluding hydrogens is 150 g/mol. The van der Waals surface area contributed by atoms with Crippen molar-refractivity contribution >= 4 is 17.4 Å². The molecule has 0 aliphatic carbocycles. The van der Waals surface area contributed by atoms with Crippen LogP contribution in [0.4, 0.5) is 0 Å². The van der Waals surface area contributed by atoms with Gasteiger partial charge in [-0.25, -0.2) is 0 Å². The van der Waals surface area contributed by atoms with Gasteiger partial charge in [-0.15, -0.1) is 0 Å². The van der Waals surface area contributed by atoms with Gasteiger partial charge < -0.3 is 0 Å². The molecule has 1 rings (SSSR count). The van der Waals surface area contributed by atoms with Crippen molar-refractivity contribution in [3.05, 3.63) is 29.0 Å². The van der Waals surface area contributed by atoms with Crippen molar-refractivity contribution in [2.24, 2.45) is 0 Å². The van der Waals surface area contributed by atoms with Gasteiger partial charge in [0.15, 0.2) is 5.78 Å². The molecule has 10 heavy (non-hydrogen) atoms. The largest absolute Gasteiger partial charge is 0.294 e. The second kappa shape index (κ2) is 2.80. The molecule has 0 N–H and O–H groups in total. The van der Waals surface area contributed by atoms with Gasteiger partial charge in [-0.3, -0.25) is 9.78 Å². The topological polar surface area (TPSA) is 30.0 Å². The van der Waals surface area contributed by atoms with Gasteiger partial charge in [-0.05, 0) is 13.0 Å². The van der Waals surface area contributed by atoms with E-state index < -0.39 is 0 Å². The van der Waals surface area contributed by atoms with Crippen molar-refractivity contribution in [3.63, 3.8) is 0 Å². The van der Waals surface area contributed by atoms with Gasteiger partial charge in [0.05, 0.1) is 10.6 Å². The molecule has 0 radical (unpaired) electrons. The van der Waals surface area contributed by atoms with Gasteiger partial charge in [0.1, 0.15) is 0 Å². The Morgan fingerprint density at radius 3 is 2.80 bits per heavy atom. The van der Waals surface area contributed by atoms with Crippen LogP contribution in [0.5, 0.6) is 0 Å². The molecule has 1 aromatic rings. The molecule has 2 nitrogen and oxygen atoms in total. The normalized spacial score (nSPS) is 9.40. The van der Waals surface area contributed by atoms with Crippen LogP contribution in [0.25, 0.3) is 0 Å². The van der Waals surface area contributed by atoms with E-state index in [1.165, 1.54) is 13.1 Å². The molecule has 3 heteroatoms. The van der Waals surface area contributed by atoms with Crippen molar-refractivity contribution in [2.75, 3.05) is 0 Å². The van der Waals surface area contributed by atoms with Crippen LogP contribution < -0.4 is 0 Å². The molecule has 0 saturated heterocycles. The number of rotatable bonds is 1. The van der Waals surface area contributed by atoms with E-state index in [0.29, 0.717) is 10.6 Å². The van der Waals surface area contributed by atoms with Gasteiger partial charge in [0.25, 0.3) is 0 Å². The number of ketones is 1. The van der Waals surface area contributed by atoms with E-state index in [-0.39, 0.29) is 5.78 Å². The monoisotopic (exact) mass is 155 g/mol. The molecule has 52 valence electrons. The fourth-order valence-electron chi connectivity index (χ4n) is 0.637. The van der Waals surface area contributed by atoms with E-state index >= 15 is 0 Å². The molecule has 0 saturated carbocycles. The Morgan fingerprint density at radius 1 is 1.70 bits per heavy atom. The van der Waals surface area contributed by atoms with Crippen molar-refractivity contribution in [3.8, 4) is 0 Å². The van der Waals surface area contributed by atoms with E-state index in [9.17, 15) is 4.79 Å². The zero-order valence-electron chi connectivity index (χ0n) is 5.47. The molecule has 0 atom stereocenters. The maximum absolute atomic E-state index is 10.7. The highest BCUT2D eigenvalue weighted by molar-refractivity contribution is 6.33. The van der Waals surface area contributed by atoms with E-state index in [1.54, 1.807) is 12.3 Å². The van der Waals surface area contributed by atoms with E-state index in [0.717, 1.165) is 0 Å². The summed E-state index contributed by atoms with van der Waals surface area (Å²) in [6.07, 6.45) is 3.01. The van der Waals surface area contributed by atoms with Gasteiger partial charge in [0.2, 0.25) is 0 Å². The van der Waals surface area contributed by atoms with Gasteiger partial charge in [-0.2, -0.15) is 0 Å². The third-order valence-corrected chi connectivity index (χ3v) is 1.48. The fourth-order valence-corrected chi connectivity index (χ4v) is 0.875. The number of hydrogen-bond acceptors (Lipinski definition) is 2. The average molecular weight is 156 g/mol. The Hall–Kier alpha value is -0.890. The summed E-state index contributed by atoms with van der Waals surface area (Å²) >= 11 is 5.66. The molecule has 1 aromatic heterocycles. The first-order valence-electron chi connectivity index (χ1n) is 2.82. The number of hydrogen-bond donors (Lipinski definition) is 0. The lowest BCUT2D eigenvalue weighted by Gasteiger charge is -1.94. The van der Waals surface area contributed by atoms with E-state index in [4.69, 9.17) is 11.6 Å². The lowest BCUT2D eigenvalue weighted by molar-refractivity contribution is 0.101. The minimum atomic E-state index is -0.0573. The number of carbonyl (C=O) groups is 1. The van der Waals surface area contributed by atoms with Crippen LogP contribution in [0.15, 0.2) is 18.5 Å². The highest BCUT2D eigenvalue weighted by Crippen LogP contribution is 2.13. The Bertz CT molecular complexity index is 260. The Kier molecular flexibility index (Phi) is 2.02. The summed E-state index contributed by atoms with van der Waals surface area (Å²) in [6.45, 7) is 1.46. The van der Waals surface area contributed by atoms with Crippen LogP contribution in [-0.4, -0.2) is 10.8 Å². The minimum absolute atomic E-state index is 0.0573. The number of aromatic nitrogens is 1. The summed E-state index contributed by atoms with van der Waals surface area (Å²) in [4.78, 5) is 14.5. The van der Waals surface area contributed by atoms with Crippen LogP contribution >= 0.6 is 11.6 Å². The molecular formula is C7H6ClNO. The van der Waals surface area contributed by atoms with E-state index in [2.05, 4.69) is 4.98 Å². The van der Waals surface area contributed by atoms with E-state index in [1.807, 2.05) is 0 Å². The van der Waals surface area contributed by atoms with Crippen LogP contribution in [0, 0.1) is 0 Å². The number of Topliss-reactive ketones (excluding diaryl/α,β-unsaturated/α-hetero) is 1. The Labute approximate surface area is 63.8 Å². The lowest BCUT2D eigenvalue weighted by Crippen LogP contribution is -1.93. The highest BCUT2D eigenvalue weighted by Gasteiger charge is 2.02. The summed E-state index contributed by atoms with van der Waals surface area (Å²) in [7, 11) is 0. The number of halogens is 1. The Morgan fingerprint density at radius 2 is 2.40 bits per heavy atom. The zero-order chi connectivity index (χ0) is 7.56. The molecule has 0 aliphatic rings. The average Bonchev–Trinajstić information content (AvgIpc) is 1.88. The third-order valence-electron chi connectivity index (χ3n) is 1.15. The van der Waals surface area contributed by atoms with Crippen molar-refractivity contribution < 1.29 is 4.79 Å². The molecule has 0 fully saturated rings. The lowest BCUT2D eigenvalue weighted by atomic mass is 10.2. The number of pyridine rings is 1. The molecule has 0 unspecified atom stereocenters. The summed E-state index contributed by atoms with van der Waals surface area (Å²) in [5.74, 6) is -0.0573. The fraction of sp³-hybridized carbons (Fsp3) is 0.143. The third kappa shape index (κ3) is 1.33. The Balaban J connectivity index is 3.15. The molecule has 0 bridgehead atoms. The zero-order valence-corrected chi connectivity index (χ0v) is 6.22. The van der Waals surface area contributed by atoms with Crippen molar-refractivity contribution in [1.29, 1.82) is 0 Å². The first-order valence-corrected chi connectivity index (χ1v) is 3.20. The SMILES string of the molecule is CC(=O)c1cnccc1Cl. The summed E-state index contributed by atoms with van der Waals surface area (Å²) in [6, 6.07) is 1.60. The van der Waals surface area contributed by atoms with Crippen LogP contribution in [0.2, 0.25) is 5.02 Å².